The van der Waals surface area contributed by atoms with Crippen LogP contribution in [-0.4, -0.2) is 39.7 Å². The number of Topliss-reactive ketones (excluding diaryl/α,β-unsaturated/α-hetero) is 1. The molecule has 29 heavy (non-hydrogen) atoms. The molecular weight excluding hydrogens is 362 g/mol. The van der Waals surface area contributed by atoms with Gasteiger partial charge in [0.1, 0.15) is 11.4 Å². The summed E-state index contributed by atoms with van der Waals surface area (Å²) in [6.07, 6.45) is 3.45. The van der Waals surface area contributed by atoms with Crippen LogP contribution in [0.3, 0.4) is 0 Å². The largest absolute Gasteiger partial charge is 0.369 e. The zero-order valence-corrected chi connectivity index (χ0v) is 17.6. The number of hydrogen-bond donors (Lipinski definition) is 2. The van der Waals surface area contributed by atoms with E-state index in [2.05, 4.69) is 35.2 Å². The molecule has 0 saturated carbocycles. The molecule has 4 rings (SSSR count). The summed E-state index contributed by atoms with van der Waals surface area (Å²) in [6, 6.07) is 8.12. The van der Waals surface area contributed by atoms with Crippen LogP contribution in [0.2, 0.25) is 0 Å². The Morgan fingerprint density at radius 2 is 1.93 bits per heavy atom. The predicted octanol–water partition coefficient (Wildman–Crippen LogP) is 4.23. The summed E-state index contributed by atoms with van der Waals surface area (Å²) in [6.45, 7) is 11.8. The molecule has 1 aliphatic rings. The number of amidine groups is 1. The second-order valence-corrected chi connectivity index (χ2v) is 9.50. The van der Waals surface area contributed by atoms with Gasteiger partial charge in [0, 0.05) is 41.2 Å². The van der Waals surface area contributed by atoms with E-state index in [1.54, 1.807) is 12.4 Å². The van der Waals surface area contributed by atoms with E-state index in [9.17, 15) is 4.79 Å². The molecule has 150 valence electrons. The third-order valence-electron chi connectivity index (χ3n) is 5.14. The molecule has 2 N–H and O–H groups in total. The van der Waals surface area contributed by atoms with Crippen molar-refractivity contribution in [2.24, 2.45) is 15.8 Å². The lowest BCUT2D eigenvalue weighted by atomic mass is 9.87. The molecule has 0 unspecified atom stereocenters. The van der Waals surface area contributed by atoms with Crippen molar-refractivity contribution >= 4 is 22.8 Å². The minimum absolute atomic E-state index is 0.0485. The Kier molecular flexibility index (Phi) is 4.52. The lowest BCUT2D eigenvalue weighted by Crippen LogP contribution is -2.41. The van der Waals surface area contributed by atoms with E-state index in [0.717, 1.165) is 35.7 Å². The molecule has 1 aromatic carbocycles. The second kappa shape index (κ2) is 6.79. The molecule has 1 aliphatic heterocycles. The quantitative estimate of drug-likeness (QED) is 0.657. The number of aliphatic imine (C=N–C) groups is 1. The highest BCUT2D eigenvalue weighted by molar-refractivity contribution is 6.08. The fraction of sp³-hybridized carbons (Fsp3) is 0.391. The van der Waals surface area contributed by atoms with Gasteiger partial charge >= 0.3 is 0 Å². The average molecular weight is 390 g/mol. The summed E-state index contributed by atoms with van der Waals surface area (Å²) < 4.78 is 0. The highest BCUT2D eigenvalue weighted by atomic mass is 16.1. The van der Waals surface area contributed by atoms with Crippen molar-refractivity contribution in [3.63, 3.8) is 0 Å². The lowest BCUT2D eigenvalue weighted by Gasteiger charge is -2.29. The molecule has 0 bridgehead atoms. The van der Waals surface area contributed by atoms with E-state index in [1.807, 2.05) is 39.0 Å². The molecule has 0 radical (unpaired) electrons. The van der Waals surface area contributed by atoms with E-state index >= 15 is 0 Å². The van der Waals surface area contributed by atoms with Gasteiger partial charge in [-0.15, -0.1) is 0 Å². The Labute approximate surface area is 170 Å². The first-order chi connectivity index (χ1) is 13.6. The molecule has 0 fully saturated rings. The predicted molar refractivity (Wildman–Crippen MR) is 116 cm³/mol. The van der Waals surface area contributed by atoms with Crippen molar-refractivity contribution in [2.45, 2.75) is 34.6 Å². The summed E-state index contributed by atoms with van der Waals surface area (Å²) in [5.74, 6) is 0.956. The smallest absolute Gasteiger partial charge is 0.171 e. The number of nitrogens with one attached hydrogen (secondary N) is 2. The van der Waals surface area contributed by atoms with Gasteiger partial charge in [0.2, 0.25) is 0 Å². The Bertz CT molecular complexity index is 1120. The summed E-state index contributed by atoms with van der Waals surface area (Å²) in [4.78, 5) is 29.8. The summed E-state index contributed by atoms with van der Waals surface area (Å²) in [5.41, 5.74) is 4.22. The van der Waals surface area contributed by atoms with Crippen LogP contribution >= 0.6 is 0 Å². The van der Waals surface area contributed by atoms with E-state index in [0.29, 0.717) is 16.7 Å². The molecule has 6 heteroatoms. The first-order valence-corrected chi connectivity index (χ1v) is 9.92. The molecule has 3 aromatic rings. The van der Waals surface area contributed by atoms with E-state index < -0.39 is 5.41 Å². The van der Waals surface area contributed by atoms with Gasteiger partial charge in [-0.05, 0) is 6.07 Å². The third kappa shape index (κ3) is 3.79. The monoisotopic (exact) mass is 389 g/mol. The topological polar surface area (TPSA) is 83.0 Å². The lowest BCUT2D eigenvalue weighted by molar-refractivity contribution is 0.0860. The fourth-order valence-corrected chi connectivity index (χ4v) is 3.35. The number of carbonyl (C=O) groups excluding carboxylic acids is 1. The molecule has 6 nitrogen and oxygen atoms in total. The van der Waals surface area contributed by atoms with Gasteiger partial charge in [0.05, 0.1) is 17.5 Å². The van der Waals surface area contributed by atoms with Gasteiger partial charge in [-0.2, -0.15) is 0 Å². The number of rotatable bonds is 3. The van der Waals surface area contributed by atoms with Gasteiger partial charge < -0.3 is 10.3 Å². The number of nitrogens with zero attached hydrogens (tertiary/aromatic N) is 3. The van der Waals surface area contributed by atoms with Crippen LogP contribution in [0.5, 0.6) is 0 Å². The molecule has 3 heterocycles. The standard InChI is InChI=1S/C23H27N5O/c1-22(2,3)19(29)16-10-24-21-18(16)28-17(11-25-21)14-7-6-8-15(9-14)20-26-12-23(4,5)13-27-20/h6-11H,12-13H2,1-5H3,(H,24,25)(H,26,27). The Balaban J connectivity index is 1.72. The molecule has 0 aliphatic carbocycles. The average Bonchev–Trinajstić information content (AvgIpc) is 3.09. The second-order valence-electron chi connectivity index (χ2n) is 9.50. The van der Waals surface area contributed by atoms with Crippen molar-refractivity contribution in [1.82, 2.24) is 20.3 Å². The minimum atomic E-state index is -0.481. The molecule has 0 spiro atoms. The summed E-state index contributed by atoms with van der Waals surface area (Å²) in [5, 5.41) is 3.43. The van der Waals surface area contributed by atoms with Gasteiger partial charge in [0.25, 0.3) is 0 Å². The number of benzene rings is 1. The van der Waals surface area contributed by atoms with Crippen LogP contribution in [-0.2, 0) is 0 Å². The Hall–Kier alpha value is -3.02. The third-order valence-corrected chi connectivity index (χ3v) is 5.14. The van der Waals surface area contributed by atoms with Crippen molar-refractivity contribution in [3.05, 3.63) is 47.8 Å². The highest BCUT2D eigenvalue weighted by Gasteiger charge is 2.27. The van der Waals surface area contributed by atoms with Crippen molar-refractivity contribution in [1.29, 1.82) is 0 Å². The van der Waals surface area contributed by atoms with Crippen LogP contribution in [0, 0.1) is 10.8 Å². The number of aromatic nitrogens is 3. The van der Waals surface area contributed by atoms with Crippen molar-refractivity contribution < 1.29 is 4.79 Å². The zero-order chi connectivity index (χ0) is 20.8. The number of aromatic amines is 1. The van der Waals surface area contributed by atoms with Crippen molar-refractivity contribution in [3.8, 4) is 11.3 Å². The summed E-state index contributed by atoms with van der Waals surface area (Å²) >= 11 is 0. The van der Waals surface area contributed by atoms with E-state index in [1.165, 1.54) is 0 Å². The number of ketones is 1. The van der Waals surface area contributed by atoms with E-state index in [-0.39, 0.29) is 11.2 Å². The van der Waals surface area contributed by atoms with Crippen LogP contribution in [0.15, 0.2) is 41.7 Å². The van der Waals surface area contributed by atoms with Gasteiger partial charge in [-0.25, -0.2) is 9.97 Å². The minimum Gasteiger partial charge on any atom is -0.369 e. The fourth-order valence-electron chi connectivity index (χ4n) is 3.35. The Morgan fingerprint density at radius 1 is 1.17 bits per heavy atom. The number of fused-ring (bicyclic) bond motifs is 1. The van der Waals surface area contributed by atoms with Gasteiger partial charge in [-0.1, -0.05) is 52.8 Å². The van der Waals surface area contributed by atoms with Crippen LogP contribution < -0.4 is 5.32 Å². The van der Waals surface area contributed by atoms with Crippen LogP contribution in [0.4, 0.5) is 0 Å². The molecule has 0 saturated heterocycles. The number of carbonyl (C=O) groups is 1. The number of H-pyrrole nitrogens is 1. The summed E-state index contributed by atoms with van der Waals surface area (Å²) in [7, 11) is 0. The van der Waals surface area contributed by atoms with Crippen molar-refractivity contribution in [2.75, 3.05) is 13.1 Å². The maximum atomic E-state index is 12.8. The SMILES string of the molecule is CC1(C)CN=C(c2cccc(-c3cnc4[nH]cc(C(=O)C(C)(C)C)c4n3)c2)NC1. The zero-order valence-electron chi connectivity index (χ0n) is 17.6. The highest BCUT2D eigenvalue weighted by Crippen LogP contribution is 2.27. The molecule has 0 amide bonds. The van der Waals surface area contributed by atoms with Crippen LogP contribution in [0.1, 0.15) is 50.5 Å². The molecular formula is C23H27N5O. The Morgan fingerprint density at radius 3 is 2.62 bits per heavy atom. The maximum absolute atomic E-state index is 12.8. The normalized spacial score (nSPS) is 16.4. The molecule has 0 atom stereocenters. The maximum Gasteiger partial charge on any atom is 0.171 e. The van der Waals surface area contributed by atoms with Crippen LogP contribution in [0.25, 0.3) is 22.4 Å². The van der Waals surface area contributed by atoms with Gasteiger partial charge in [-0.3, -0.25) is 9.79 Å². The number of hydrogen-bond acceptors (Lipinski definition) is 5. The van der Waals surface area contributed by atoms with Gasteiger partial charge in [0.15, 0.2) is 11.4 Å². The first kappa shape index (κ1) is 19.3. The van der Waals surface area contributed by atoms with E-state index in [4.69, 9.17) is 9.98 Å². The molecule has 2 aromatic heterocycles. The first-order valence-electron chi connectivity index (χ1n) is 9.92.